The van der Waals surface area contributed by atoms with Crippen LogP contribution in [0.3, 0.4) is 0 Å². The molecule has 0 amide bonds. The smallest absolute Gasteiger partial charge is 0.392 e. The van der Waals surface area contributed by atoms with Crippen LogP contribution in [0.4, 0.5) is 79.0 Å². The highest BCUT2D eigenvalue weighted by molar-refractivity contribution is 5.17. The molecule has 0 radical (unpaired) electrons. The number of allylic oxidation sites excluding steroid dienone is 2. The monoisotopic (exact) mass is 552 g/mol. The van der Waals surface area contributed by atoms with Crippen molar-refractivity contribution in [2.24, 2.45) is 0 Å². The van der Waals surface area contributed by atoms with E-state index < -0.39 is 73.3 Å². The summed E-state index contributed by atoms with van der Waals surface area (Å²) in [6.07, 6.45) is -28.9. The highest BCUT2D eigenvalue weighted by Crippen LogP contribution is 2.54. The van der Waals surface area contributed by atoms with E-state index in [2.05, 4.69) is 0 Å². The van der Waals surface area contributed by atoms with Crippen LogP contribution in [-0.4, -0.2) is 71.3 Å². The molecule has 0 bridgehead atoms. The number of aliphatic hydroxyl groups excluding tert-OH is 2. The normalized spacial score (nSPS) is 18.5. The van der Waals surface area contributed by atoms with E-state index in [1.807, 2.05) is 0 Å². The van der Waals surface area contributed by atoms with Gasteiger partial charge in [-0.2, -0.15) is 70.2 Å². The molecule has 0 heterocycles. The Labute approximate surface area is 176 Å². The van der Waals surface area contributed by atoms with Gasteiger partial charge in [-0.1, -0.05) is 12.2 Å². The molecule has 0 aromatic carbocycles. The van der Waals surface area contributed by atoms with Gasteiger partial charge in [-0.05, 0) is 12.2 Å². The first-order valence-electron chi connectivity index (χ1n) is 7.59. The lowest BCUT2D eigenvalue weighted by Gasteiger charge is -2.33. The first kappa shape index (κ1) is 34.3. The minimum absolute atomic E-state index is 0.187. The van der Waals surface area contributed by atoms with Crippen molar-refractivity contribution in [3.63, 3.8) is 0 Å². The van der Waals surface area contributed by atoms with Crippen molar-refractivity contribution in [3.05, 3.63) is 24.3 Å². The van der Waals surface area contributed by atoms with Crippen LogP contribution in [0.5, 0.6) is 0 Å². The molecule has 0 aromatic rings. The van der Waals surface area contributed by atoms with Gasteiger partial charge in [0.2, 0.25) is 0 Å². The van der Waals surface area contributed by atoms with Gasteiger partial charge in [-0.25, -0.2) is 8.78 Å². The summed E-state index contributed by atoms with van der Waals surface area (Å²) in [6, 6.07) is 0. The predicted molar refractivity (Wildman–Crippen MR) is 74.2 cm³/mol. The molecule has 0 spiro atoms. The molecule has 0 rings (SSSR count). The molecular weight excluding hydrogens is 542 g/mol. The Balaban J connectivity index is 0. The van der Waals surface area contributed by atoms with Crippen molar-refractivity contribution < 1.29 is 89.2 Å². The van der Waals surface area contributed by atoms with Gasteiger partial charge in [-0.3, -0.25) is 0 Å². The Bertz CT molecular complexity index is 637. The average Bonchev–Trinajstić information content (AvgIpc) is 2.60. The number of aliphatic hydroxyl groups is 2. The van der Waals surface area contributed by atoms with Gasteiger partial charge >= 0.3 is 36.6 Å². The van der Waals surface area contributed by atoms with E-state index in [9.17, 15) is 79.0 Å². The van der Waals surface area contributed by atoms with Gasteiger partial charge in [0.05, 0.1) is 13.2 Å². The van der Waals surface area contributed by atoms with Crippen LogP contribution < -0.4 is 0 Å². The van der Waals surface area contributed by atoms with Gasteiger partial charge in [0, 0.05) is 0 Å². The van der Waals surface area contributed by atoms with Crippen molar-refractivity contribution in [1.82, 2.24) is 0 Å². The van der Waals surface area contributed by atoms with Crippen LogP contribution in [0.25, 0.3) is 0 Å². The molecule has 0 fully saturated rings. The van der Waals surface area contributed by atoms with Crippen LogP contribution in [0.15, 0.2) is 24.3 Å². The van der Waals surface area contributed by atoms with E-state index >= 15 is 0 Å². The molecule has 2 N–H and O–H groups in total. The van der Waals surface area contributed by atoms with Crippen LogP contribution in [0.1, 0.15) is 0 Å². The van der Waals surface area contributed by atoms with E-state index in [-0.39, 0.29) is 12.2 Å². The third-order valence-corrected chi connectivity index (χ3v) is 3.36. The van der Waals surface area contributed by atoms with Crippen molar-refractivity contribution in [2.45, 2.75) is 47.9 Å². The molecule has 0 aliphatic carbocycles. The molecule has 2 unspecified atom stereocenters. The fourth-order valence-corrected chi connectivity index (χ4v) is 1.60. The predicted octanol–water partition coefficient (Wildman–Crippen LogP) is 6.01. The van der Waals surface area contributed by atoms with Gasteiger partial charge in [0.25, 0.3) is 11.3 Å². The summed E-state index contributed by atoms with van der Waals surface area (Å²) < 4.78 is 218. The highest BCUT2D eigenvalue weighted by atomic mass is 19.4. The third kappa shape index (κ3) is 6.63. The summed E-state index contributed by atoms with van der Waals surface area (Å²) in [4.78, 5) is 0. The van der Waals surface area contributed by atoms with Gasteiger partial charge in [0.15, 0.2) is 0 Å². The van der Waals surface area contributed by atoms with Crippen LogP contribution in [0.2, 0.25) is 0 Å². The number of rotatable bonds is 6. The summed E-state index contributed by atoms with van der Waals surface area (Å²) in [7, 11) is 0. The fourth-order valence-electron chi connectivity index (χ4n) is 1.60. The maximum absolute atomic E-state index is 13.0. The number of alkyl halides is 18. The molecule has 204 valence electrons. The number of hydrogen-bond donors (Lipinski definition) is 2. The molecule has 0 aliphatic rings. The van der Waals surface area contributed by atoms with Gasteiger partial charge in [0.1, 0.15) is 0 Å². The Morgan fingerprint density at radius 3 is 0.706 bits per heavy atom. The Kier molecular flexibility index (Phi) is 10.5. The second-order valence-corrected chi connectivity index (χ2v) is 5.73. The molecule has 0 saturated heterocycles. The van der Waals surface area contributed by atoms with E-state index in [0.717, 1.165) is 0 Å². The largest absolute Gasteiger partial charge is 0.457 e. The molecule has 0 aromatic heterocycles. The van der Waals surface area contributed by atoms with Gasteiger partial charge in [-0.15, -0.1) is 0 Å². The molecule has 2 atom stereocenters. The molecule has 0 aliphatic heterocycles. The Morgan fingerprint density at radius 2 is 0.588 bits per heavy atom. The lowest BCUT2D eigenvalue weighted by atomic mass is 9.95. The van der Waals surface area contributed by atoms with Crippen molar-refractivity contribution >= 4 is 0 Å². The summed E-state index contributed by atoms with van der Waals surface area (Å²) in [6.45, 7) is -2.65. The van der Waals surface area contributed by atoms with Crippen molar-refractivity contribution in [1.29, 1.82) is 0 Å². The quantitative estimate of drug-likeness (QED) is 0.314. The average molecular weight is 552 g/mol. The molecule has 20 heteroatoms. The van der Waals surface area contributed by atoms with Crippen molar-refractivity contribution in [2.75, 3.05) is 13.2 Å². The Hall–Kier alpha value is -1.86. The van der Waals surface area contributed by atoms with E-state index in [1.54, 1.807) is 0 Å². The number of hydrogen-bond acceptors (Lipinski definition) is 2. The zero-order valence-electron chi connectivity index (χ0n) is 15.4. The Morgan fingerprint density at radius 1 is 0.382 bits per heavy atom. The van der Waals surface area contributed by atoms with Crippen LogP contribution >= 0.6 is 0 Å². The van der Waals surface area contributed by atoms with E-state index in [0.29, 0.717) is 0 Å². The summed E-state index contributed by atoms with van der Waals surface area (Å²) in [5.41, 5.74) is -11.9. The third-order valence-electron chi connectivity index (χ3n) is 3.36. The molecule has 34 heavy (non-hydrogen) atoms. The zero-order chi connectivity index (χ0) is 28.2. The first-order valence-corrected chi connectivity index (χ1v) is 7.59. The topological polar surface area (TPSA) is 40.5 Å². The summed E-state index contributed by atoms with van der Waals surface area (Å²) >= 11 is 0. The second-order valence-electron chi connectivity index (χ2n) is 5.73. The summed E-state index contributed by atoms with van der Waals surface area (Å²) in [5.74, 6) is -13.3. The minimum Gasteiger partial charge on any atom is -0.392 e. The van der Waals surface area contributed by atoms with E-state index in [1.165, 1.54) is 0 Å². The maximum atomic E-state index is 13.0. The lowest BCUT2D eigenvalue weighted by molar-refractivity contribution is -0.369. The fraction of sp³-hybridized carbons (Fsp3) is 0.714. The van der Waals surface area contributed by atoms with Crippen LogP contribution in [0, 0.1) is 0 Å². The van der Waals surface area contributed by atoms with Gasteiger partial charge < -0.3 is 10.2 Å². The number of halogens is 18. The minimum atomic E-state index is -6.73. The molecule has 0 saturated carbocycles. The maximum Gasteiger partial charge on any atom is 0.457 e. The van der Waals surface area contributed by atoms with Crippen molar-refractivity contribution in [3.8, 4) is 0 Å². The van der Waals surface area contributed by atoms with Crippen LogP contribution in [-0.2, 0) is 0 Å². The first-order chi connectivity index (χ1) is 14.6. The highest BCUT2D eigenvalue weighted by Gasteiger charge is 2.81. The SMILES string of the molecule is OCC=CC(F)(C(F)(F)F)C(F)(F)C(F)(F)F.OCC=CC(F)(C(F)(F)F)C(F)(F)C(F)(F)F. The zero-order valence-corrected chi connectivity index (χ0v) is 15.4. The van der Waals surface area contributed by atoms with E-state index in [4.69, 9.17) is 10.2 Å². The molecule has 2 nitrogen and oxygen atoms in total. The molecular formula is C14H10F18O2. The standard InChI is InChI=1S/2C7H5F9O/c2*8-4(2-1-3-17,6(11,12)13)5(9,10)7(14,15)16/h2*1-2,17H,3H2. The summed E-state index contributed by atoms with van der Waals surface area (Å²) in [5, 5.41) is 16.0. The lowest BCUT2D eigenvalue weighted by Crippen LogP contribution is -2.61. The second kappa shape index (κ2) is 10.4.